The number of benzene rings is 2. The second-order valence-corrected chi connectivity index (χ2v) is 7.23. The maximum absolute atomic E-state index is 13.4. The predicted octanol–water partition coefficient (Wildman–Crippen LogP) is 2.57. The number of hydrogen-bond acceptors (Lipinski definition) is 5. The molecule has 8 nitrogen and oxygen atoms in total. The summed E-state index contributed by atoms with van der Waals surface area (Å²) in [6, 6.07) is 9.43. The van der Waals surface area contributed by atoms with Crippen molar-refractivity contribution in [1.29, 1.82) is 0 Å². The minimum atomic E-state index is -1.13. The van der Waals surface area contributed by atoms with Crippen LogP contribution in [-0.2, 0) is 17.9 Å². The van der Waals surface area contributed by atoms with Crippen molar-refractivity contribution < 1.29 is 13.6 Å². The molecule has 4 aromatic rings. The second kappa shape index (κ2) is 8.67. The third-order valence-corrected chi connectivity index (χ3v) is 4.86. The van der Waals surface area contributed by atoms with E-state index in [1.54, 1.807) is 24.3 Å². The number of fused-ring (bicyclic) bond motifs is 1. The number of rotatable bonds is 5. The zero-order valence-electron chi connectivity index (χ0n) is 16.3. The number of carbonyl (C=O) groups excluding carboxylic acids is 1. The largest absolute Gasteiger partial charge is 0.333 e. The van der Waals surface area contributed by atoms with Gasteiger partial charge in [0.05, 0.1) is 6.54 Å². The van der Waals surface area contributed by atoms with Crippen LogP contribution in [0.5, 0.6) is 0 Å². The standard InChI is InChI=1S/C21H14ClF2N5O3/c22-13-3-1-12(2-4-13)10-29-20(31)18-19(26-8-7-25-18)28(21(29)32)11-17(30)27-14-5-6-15(23)16(24)9-14/h1-9H,10-11H2,(H,27,30). The number of carbonyl (C=O) groups is 1. The number of anilines is 1. The van der Waals surface area contributed by atoms with E-state index in [1.807, 2.05) is 0 Å². The van der Waals surface area contributed by atoms with Gasteiger partial charge in [0.15, 0.2) is 22.8 Å². The normalized spacial score (nSPS) is 11.0. The van der Waals surface area contributed by atoms with Crippen molar-refractivity contribution in [3.8, 4) is 0 Å². The average Bonchev–Trinajstić information content (AvgIpc) is 2.78. The lowest BCUT2D eigenvalue weighted by Crippen LogP contribution is -2.42. The van der Waals surface area contributed by atoms with E-state index in [-0.39, 0.29) is 23.4 Å². The zero-order chi connectivity index (χ0) is 22.8. The van der Waals surface area contributed by atoms with Gasteiger partial charge in [-0.2, -0.15) is 0 Å². The molecule has 0 saturated heterocycles. The van der Waals surface area contributed by atoms with E-state index in [0.29, 0.717) is 10.6 Å². The summed E-state index contributed by atoms with van der Waals surface area (Å²) < 4.78 is 28.4. The van der Waals surface area contributed by atoms with Gasteiger partial charge >= 0.3 is 5.69 Å². The van der Waals surface area contributed by atoms with Crippen LogP contribution in [0.15, 0.2) is 64.4 Å². The van der Waals surface area contributed by atoms with Crippen molar-refractivity contribution in [1.82, 2.24) is 19.1 Å². The van der Waals surface area contributed by atoms with Gasteiger partial charge in [-0.05, 0) is 29.8 Å². The van der Waals surface area contributed by atoms with Crippen molar-refractivity contribution >= 4 is 34.4 Å². The SMILES string of the molecule is O=C(Cn1c(=O)n(Cc2ccc(Cl)cc2)c(=O)c2nccnc21)Nc1ccc(F)c(F)c1. The highest BCUT2D eigenvalue weighted by Gasteiger charge is 2.18. The monoisotopic (exact) mass is 457 g/mol. The molecule has 1 amide bonds. The van der Waals surface area contributed by atoms with Crippen LogP contribution < -0.4 is 16.6 Å². The molecule has 0 fully saturated rings. The highest BCUT2D eigenvalue weighted by molar-refractivity contribution is 6.30. The summed E-state index contributed by atoms with van der Waals surface area (Å²) in [5.41, 5.74) is -0.970. The van der Waals surface area contributed by atoms with E-state index >= 15 is 0 Å². The summed E-state index contributed by atoms with van der Waals surface area (Å²) in [5.74, 6) is -2.90. The maximum Gasteiger partial charge on any atom is 0.333 e. The minimum Gasteiger partial charge on any atom is -0.324 e. The Labute approximate surface area is 183 Å². The number of amides is 1. The lowest BCUT2D eigenvalue weighted by molar-refractivity contribution is -0.116. The van der Waals surface area contributed by atoms with Crippen LogP contribution in [0.4, 0.5) is 14.5 Å². The van der Waals surface area contributed by atoms with Crippen molar-refractivity contribution in [2.24, 2.45) is 0 Å². The third kappa shape index (κ3) is 4.26. The van der Waals surface area contributed by atoms with Crippen LogP contribution in [-0.4, -0.2) is 25.0 Å². The summed E-state index contributed by atoms with van der Waals surface area (Å²) in [6.07, 6.45) is 2.58. The first-order valence-electron chi connectivity index (χ1n) is 9.27. The Morgan fingerprint density at radius 2 is 1.69 bits per heavy atom. The number of hydrogen-bond donors (Lipinski definition) is 1. The Morgan fingerprint density at radius 1 is 0.969 bits per heavy atom. The van der Waals surface area contributed by atoms with Crippen LogP contribution in [0, 0.1) is 11.6 Å². The molecule has 0 saturated carbocycles. The molecule has 0 aliphatic rings. The number of aromatic nitrogens is 4. The van der Waals surface area contributed by atoms with Crippen LogP contribution >= 0.6 is 11.6 Å². The molecule has 0 atom stereocenters. The quantitative estimate of drug-likeness (QED) is 0.496. The zero-order valence-corrected chi connectivity index (χ0v) is 17.0. The Bertz CT molecular complexity index is 1450. The molecule has 0 radical (unpaired) electrons. The molecule has 11 heteroatoms. The van der Waals surface area contributed by atoms with Crippen molar-refractivity contribution in [2.45, 2.75) is 13.1 Å². The fourth-order valence-electron chi connectivity index (χ4n) is 3.10. The van der Waals surface area contributed by atoms with Gasteiger partial charge in [0.2, 0.25) is 5.91 Å². The number of halogens is 3. The first kappa shape index (κ1) is 21.3. The molecule has 4 rings (SSSR count). The van der Waals surface area contributed by atoms with E-state index < -0.39 is 35.3 Å². The summed E-state index contributed by atoms with van der Waals surface area (Å²) in [7, 11) is 0. The molecule has 2 aromatic carbocycles. The number of nitrogens with zero attached hydrogens (tertiary/aromatic N) is 4. The Hall–Kier alpha value is -3.92. The highest BCUT2D eigenvalue weighted by Crippen LogP contribution is 2.13. The van der Waals surface area contributed by atoms with Crippen LogP contribution in [0.2, 0.25) is 5.02 Å². The first-order chi connectivity index (χ1) is 15.3. The third-order valence-electron chi connectivity index (χ3n) is 4.60. The Morgan fingerprint density at radius 3 is 2.41 bits per heavy atom. The summed E-state index contributed by atoms with van der Waals surface area (Å²) >= 11 is 5.88. The highest BCUT2D eigenvalue weighted by atomic mass is 35.5. The molecule has 162 valence electrons. The van der Waals surface area contributed by atoms with Crippen LogP contribution in [0.25, 0.3) is 11.2 Å². The van der Waals surface area contributed by atoms with Crippen LogP contribution in [0.3, 0.4) is 0 Å². The summed E-state index contributed by atoms with van der Waals surface area (Å²) in [4.78, 5) is 46.5. The molecule has 0 aliphatic carbocycles. The van der Waals surface area contributed by atoms with E-state index in [2.05, 4.69) is 15.3 Å². The van der Waals surface area contributed by atoms with Gasteiger partial charge in [0, 0.05) is 29.2 Å². The fraction of sp³-hybridized carbons (Fsp3) is 0.0952. The maximum atomic E-state index is 13.4. The van der Waals surface area contributed by atoms with E-state index in [1.165, 1.54) is 18.5 Å². The lowest BCUT2D eigenvalue weighted by atomic mass is 10.2. The van der Waals surface area contributed by atoms with E-state index in [0.717, 1.165) is 21.3 Å². The first-order valence-corrected chi connectivity index (χ1v) is 9.65. The summed E-state index contributed by atoms with van der Waals surface area (Å²) in [5, 5.41) is 2.88. The van der Waals surface area contributed by atoms with E-state index in [4.69, 9.17) is 11.6 Å². The van der Waals surface area contributed by atoms with Gasteiger partial charge in [0.25, 0.3) is 5.56 Å². The van der Waals surface area contributed by atoms with Gasteiger partial charge in [0.1, 0.15) is 6.54 Å². The molecular weight excluding hydrogens is 444 g/mol. The van der Waals surface area contributed by atoms with Gasteiger partial charge in [-0.3, -0.25) is 18.7 Å². The van der Waals surface area contributed by atoms with Crippen molar-refractivity contribution in [2.75, 3.05) is 5.32 Å². The molecule has 2 heterocycles. The smallest absolute Gasteiger partial charge is 0.324 e. The van der Waals surface area contributed by atoms with Gasteiger partial charge in [-0.15, -0.1) is 0 Å². The molecule has 32 heavy (non-hydrogen) atoms. The Balaban J connectivity index is 1.73. The molecule has 0 spiro atoms. The molecular formula is C21H14ClF2N5O3. The van der Waals surface area contributed by atoms with Crippen molar-refractivity contribution in [3.63, 3.8) is 0 Å². The fourth-order valence-corrected chi connectivity index (χ4v) is 3.23. The average molecular weight is 458 g/mol. The lowest BCUT2D eigenvalue weighted by Gasteiger charge is -2.13. The molecule has 0 aliphatic heterocycles. The van der Waals surface area contributed by atoms with Gasteiger partial charge in [-0.1, -0.05) is 23.7 Å². The minimum absolute atomic E-state index is 0.00632. The molecule has 0 bridgehead atoms. The summed E-state index contributed by atoms with van der Waals surface area (Å²) in [6.45, 7) is -0.611. The van der Waals surface area contributed by atoms with Crippen molar-refractivity contribution in [3.05, 3.63) is 97.9 Å². The number of nitrogens with one attached hydrogen (secondary N) is 1. The van der Waals surface area contributed by atoms with Crippen LogP contribution in [0.1, 0.15) is 5.56 Å². The second-order valence-electron chi connectivity index (χ2n) is 6.79. The Kier molecular flexibility index (Phi) is 5.78. The molecule has 2 aromatic heterocycles. The predicted molar refractivity (Wildman–Crippen MR) is 114 cm³/mol. The van der Waals surface area contributed by atoms with Gasteiger partial charge in [-0.25, -0.2) is 23.5 Å². The molecule has 0 unspecified atom stereocenters. The van der Waals surface area contributed by atoms with E-state index in [9.17, 15) is 23.2 Å². The molecule has 1 N–H and O–H groups in total. The topological polar surface area (TPSA) is 98.9 Å². The van der Waals surface area contributed by atoms with Gasteiger partial charge < -0.3 is 5.32 Å².